The van der Waals surface area contributed by atoms with E-state index in [-0.39, 0.29) is 11.7 Å². The molecule has 1 rings (SSSR count). The summed E-state index contributed by atoms with van der Waals surface area (Å²) in [6.45, 7) is 6.76. The van der Waals surface area contributed by atoms with Crippen LogP contribution in [0.3, 0.4) is 0 Å². The normalized spacial score (nSPS) is 11.0. The zero-order valence-electron chi connectivity index (χ0n) is 9.32. The molecule has 0 saturated heterocycles. The maximum atomic E-state index is 13.5. The molecule has 1 nitrogen and oxygen atoms in total. The maximum Gasteiger partial charge on any atom is 0.126 e. The molecule has 0 amide bonds. The first-order valence-electron chi connectivity index (χ1n) is 4.99. The second-order valence-electron chi connectivity index (χ2n) is 3.99. The summed E-state index contributed by atoms with van der Waals surface area (Å²) in [6, 6.07) is 3.59. The summed E-state index contributed by atoms with van der Waals surface area (Å²) in [6.07, 6.45) is 0. The van der Waals surface area contributed by atoms with Crippen molar-refractivity contribution in [1.82, 2.24) is 5.32 Å². The highest BCUT2D eigenvalue weighted by atomic mass is 19.1. The van der Waals surface area contributed by atoms with Crippen LogP contribution in [-0.4, -0.2) is 7.05 Å². The molecule has 0 aliphatic carbocycles. The van der Waals surface area contributed by atoms with Crippen molar-refractivity contribution in [2.45, 2.75) is 33.2 Å². The molecule has 0 radical (unpaired) electrons. The van der Waals surface area contributed by atoms with Gasteiger partial charge < -0.3 is 5.32 Å². The highest BCUT2D eigenvalue weighted by molar-refractivity contribution is 5.33. The molecule has 0 heterocycles. The molecule has 1 aromatic rings. The average molecular weight is 195 g/mol. The minimum absolute atomic E-state index is 0.0858. The van der Waals surface area contributed by atoms with Gasteiger partial charge in [0.1, 0.15) is 5.82 Å². The molecule has 2 heteroatoms. The van der Waals surface area contributed by atoms with Gasteiger partial charge in [-0.25, -0.2) is 4.39 Å². The Kier molecular flexibility index (Phi) is 3.64. The predicted molar refractivity (Wildman–Crippen MR) is 58.0 cm³/mol. The first-order chi connectivity index (χ1) is 6.56. The van der Waals surface area contributed by atoms with Crippen LogP contribution in [0.2, 0.25) is 0 Å². The monoisotopic (exact) mass is 195 g/mol. The van der Waals surface area contributed by atoms with Crippen LogP contribution in [0.1, 0.15) is 36.5 Å². The van der Waals surface area contributed by atoms with Crippen molar-refractivity contribution in [3.8, 4) is 0 Å². The first-order valence-corrected chi connectivity index (χ1v) is 4.99. The van der Waals surface area contributed by atoms with E-state index >= 15 is 0 Å². The summed E-state index contributed by atoms with van der Waals surface area (Å²) in [5.74, 6) is 0.156. The lowest BCUT2D eigenvalue weighted by atomic mass is 9.97. The van der Waals surface area contributed by atoms with Gasteiger partial charge in [0.05, 0.1) is 0 Å². The van der Waals surface area contributed by atoms with Crippen LogP contribution in [0, 0.1) is 12.7 Å². The molecule has 0 bridgehead atoms. The second kappa shape index (κ2) is 4.56. The van der Waals surface area contributed by atoms with Crippen molar-refractivity contribution in [2.24, 2.45) is 0 Å². The van der Waals surface area contributed by atoms with E-state index in [1.54, 1.807) is 6.07 Å². The zero-order chi connectivity index (χ0) is 10.7. The van der Waals surface area contributed by atoms with E-state index < -0.39 is 0 Å². The van der Waals surface area contributed by atoms with Crippen molar-refractivity contribution in [2.75, 3.05) is 7.05 Å². The van der Waals surface area contributed by atoms with Crippen molar-refractivity contribution in [3.63, 3.8) is 0 Å². The summed E-state index contributed by atoms with van der Waals surface area (Å²) in [7, 11) is 1.90. The fourth-order valence-electron chi connectivity index (χ4n) is 1.56. The minimum atomic E-state index is -0.0858. The molecule has 0 fully saturated rings. The molecule has 1 N–H and O–H groups in total. The molecule has 0 aliphatic rings. The number of hydrogen-bond acceptors (Lipinski definition) is 1. The van der Waals surface area contributed by atoms with Crippen LogP contribution < -0.4 is 5.32 Å². The lowest BCUT2D eigenvalue weighted by molar-refractivity contribution is 0.595. The third-order valence-corrected chi connectivity index (χ3v) is 2.44. The van der Waals surface area contributed by atoms with Crippen molar-refractivity contribution in [1.29, 1.82) is 0 Å². The van der Waals surface area contributed by atoms with Gasteiger partial charge in [-0.3, -0.25) is 0 Å². The van der Waals surface area contributed by atoms with Crippen LogP contribution in [0.15, 0.2) is 12.1 Å². The summed E-state index contributed by atoms with van der Waals surface area (Å²) in [5.41, 5.74) is 3.00. The fraction of sp³-hybridized carbons (Fsp3) is 0.500. The first kappa shape index (κ1) is 11.2. The smallest absolute Gasteiger partial charge is 0.126 e. The molecule has 14 heavy (non-hydrogen) atoms. The Hall–Kier alpha value is -0.890. The van der Waals surface area contributed by atoms with Crippen molar-refractivity contribution in [3.05, 3.63) is 34.6 Å². The maximum absolute atomic E-state index is 13.5. The van der Waals surface area contributed by atoms with Crippen molar-refractivity contribution >= 4 is 0 Å². The van der Waals surface area contributed by atoms with E-state index in [2.05, 4.69) is 5.32 Å². The largest absolute Gasteiger partial charge is 0.316 e. The Morgan fingerprint density at radius 1 is 1.36 bits per heavy atom. The van der Waals surface area contributed by atoms with E-state index in [4.69, 9.17) is 0 Å². The molecular weight excluding hydrogens is 177 g/mol. The van der Waals surface area contributed by atoms with Gasteiger partial charge in [-0.2, -0.15) is 0 Å². The number of hydrogen-bond donors (Lipinski definition) is 1. The van der Waals surface area contributed by atoms with Crippen LogP contribution in [0.5, 0.6) is 0 Å². The number of halogens is 1. The van der Waals surface area contributed by atoms with Crippen LogP contribution in [0.25, 0.3) is 0 Å². The molecule has 78 valence electrons. The van der Waals surface area contributed by atoms with Gasteiger partial charge in [0.25, 0.3) is 0 Å². The highest BCUT2D eigenvalue weighted by Crippen LogP contribution is 2.22. The van der Waals surface area contributed by atoms with Gasteiger partial charge in [-0.15, -0.1) is 0 Å². The fourth-order valence-corrected chi connectivity index (χ4v) is 1.56. The number of nitrogens with one attached hydrogen (secondary N) is 1. The number of aryl methyl sites for hydroxylation is 1. The Bertz CT molecular complexity index is 318. The van der Waals surface area contributed by atoms with E-state index in [1.807, 2.05) is 33.9 Å². The third-order valence-electron chi connectivity index (χ3n) is 2.44. The molecule has 0 aliphatic heterocycles. The lowest BCUT2D eigenvalue weighted by Gasteiger charge is -2.12. The van der Waals surface area contributed by atoms with Gasteiger partial charge in [-0.1, -0.05) is 19.9 Å². The Morgan fingerprint density at radius 2 is 2.00 bits per heavy atom. The van der Waals surface area contributed by atoms with Gasteiger partial charge in [0.2, 0.25) is 0 Å². The predicted octanol–water partition coefficient (Wildman–Crippen LogP) is 2.98. The van der Waals surface area contributed by atoms with Gasteiger partial charge in [0.15, 0.2) is 0 Å². The number of rotatable bonds is 3. The molecule has 0 atom stereocenters. The Labute approximate surface area is 85.3 Å². The average Bonchev–Trinajstić information content (AvgIpc) is 2.09. The second-order valence-corrected chi connectivity index (χ2v) is 3.99. The molecule has 0 aromatic heterocycles. The summed E-state index contributed by atoms with van der Waals surface area (Å²) >= 11 is 0. The Morgan fingerprint density at radius 3 is 2.50 bits per heavy atom. The Balaban J connectivity index is 3.13. The van der Waals surface area contributed by atoms with E-state index in [1.165, 1.54) is 5.56 Å². The van der Waals surface area contributed by atoms with E-state index in [9.17, 15) is 4.39 Å². The van der Waals surface area contributed by atoms with Crippen LogP contribution >= 0.6 is 0 Å². The number of benzene rings is 1. The van der Waals surface area contributed by atoms with Crippen LogP contribution in [0.4, 0.5) is 4.39 Å². The quantitative estimate of drug-likeness (QED) is 0.781. The molecular formula is C12H18FN. The SMILES string of the molecule is CNCc1cc(C(C)C)c(F)cc1C. The third kappa shape index (κ3) is 2.32. The summed E-state index contributed by atoms with van der Waals surface area (Å²) in [4.78, 5) is 0. The van der Waals surface area contributed by atoms with Gasteiger partial charge in [-0.05, 0) is 42.6 Å². The lowest BCUT2D eigenvalue weighted by Crippen LogP contribution is -2.08. The van der Waals surface area contributed by atoms with Crippen molar-refractivity contribution < 1.29 is 4.39 Å². The molecule has 0 saturated carbocycles. The van der Waals surface area contributed by atoms with Gasteiger partial charge in [0, 0.05) is 6.54 Å². The van der Waals surface area contributed by atoms with Crippen LogP contribution in [-0.2, 0) is 6.54 Å². The zero-order valence-corrected chi connectivity index (χ0v) is 9.32. The standard InChI is InChI=1S/C12H18FN/c1-8(2)11-6-10(7-14-4)9(3)5-12(11)13/h5-6,8,14H,7H2,1-4H3. The summed E-state index contributed by atoms with van der Waals surface area (Å²) < 4.78 is 13.5. The topological polar surface area (TPSA) is 12.0 Å². The molecule has 0 spiro atoms. The van der Waals surface area contributed by atoms with E-state index in [0.717, 1.165) is 17.7 Å². The molecule has 0 unspecified atom stereocenters. The van der Waals surface area contributed by atoms with Gasteiger partial charge >= 0.3 is 0 Å². The van der Waals surface area contributed by atoms with E-state index in [0.29, 0.717) is 0 Å². The minimum Gasteiger partial charge on any atom is -0.316 e. The summed E-state index contributed by atoms with van der Waals surface area (Å²) in [5, 5.41) is 3.09. The highest BCUT2D eigenvalue weighted by Gasteiger charge is 2.09. The molecule has 1 aromatic carbocycles.